The quantitative estimate of drug-likeness (QED) is 0.276. The van der Waals surface area contributed by atoms with Crippen molar-refractivity contribution in [1.82, 2.24) is 15.2 Å². The first-order valence-corrected chi connectivity index (χ1v) is 11.6. The van der Waals surface area contributed by atoms with Crippen molar-refractivity contribution in [3.8, 4) is 0 Å². The summed E-state index contributed by atoms with van der Waals surface area (Å²) in [7, 11) is 0. The van der Waals surface area contributed by atoms with Crippen molar-refractivity contribution in [2.24, 2.45) is 5.92 Å². The fraction of sp³-hybridized carbons (Fsp3) is 0.542. The summed E-state index contributed by atoms with van der Waals surface area (Å²) in [4.78, 5) is 60.7. The highest BCUT2D eigenvalue weighted by Gasteiger charge is 2.20. The van der Waals surface area contributed by atoms with E-state index in [0.717, 1.165) is 12.8 Å². The molecule has 188 valence electrons. The zero-order chi connectivity index (χ0) is 25.5. The van der Waals surface area contributed by atoms with Gasteiger partial charge in [0.05, 0.1) is 6.61 Å². The Morgan fingerprint density at radius 2 is 1.85 bits per heavy atom. The summed E-state index contributed by atoms with van der Waals surface area (Å²) in [6.07, 6.45) is 6.72. The molecule has 1 atom stereocenters. The van der Waals surface area contributed by atoms with E-state index in [0.29, 0.717) is 18.9 Å². The molecule has 34 heavy (non-hydrogen) atoms. The van der Waals surface area contributed by atoms with Gasteiger partial charge in [0, 0.05) is 25.7 Å². The van der Waals surface area contributed by atoms with Crippen molar-refractivity contribution in [3.05, 3.63) is 40.8 Å². The van der Waals surface area contributed by atoms with Gasteiger partial charge in [-0.3, -0.25) is 19.2 Å². The molecule has 0 unspecified atom stereocenters. The zero-order valence-electron chi connectivity index (χ0n) is 20.4. The molecule has 0 aliphatic rings. The predicted molar refractivity (Wildman–Crippen MR) is 129 cm³/mol. The Morgan fingerprint density at radius 1 is 1.15 bits per heavy atom. The summed E-state index contributed by atoms with van der Waals surface area (Å²) in [6, 6.07) is 2.08. The first-order chi connectivity index (χ1) is 16.2. The third-order valence-corrected chi connectivity index (χ3v) is 5.19. The van der Waals surface area contributed by atoms with Crippen LogP contribution in [0.25, 0.3) is 0 Å². The minimum absolute atomic E-state index is 0.00212. The average molecular weight is 477 g/mol. The second-order valence-corrected chi connectivity index (χ2v) is 7.82. The number of anilines is 1. The molecule has 0 saturated heterocycles. The second kappa shape index (κ2) is 15.4. The van der Waals surface area contributed by atoms with E-state index in [1.54, 1.807) is 19.1 Å². The number of ether oxygens (including phenoxy) is 1. The molecular weight excluding hydrogens is 440 g/mol. The predicted octanol–water partition coefficient (Wildman–Crippen LogP) is 1.74. The van der Waals surface area contributed by atoms with E-state index in [1.807, 2.05) is 0 Å². The highest BCUT2D eigenvalue weighted by molar-refractivity contribution is 5.96. The molecule has 0 fully saturated rings. The minimum atomic E-state index is -0.916. The largest absolute Gasteiger partial charge is 0.463 e. The molecule has 0 aliphatic carbocycles. The van der Waals surface area contributed by atoms with E-state index in [2.05, 4.69) is 29.8 Å². The molecule has 0 aromatic carbocycles. The number of hydrogen-bond acceptors (Lipinski definition) is 6. The Morgan fingerprint density at radius 3 is 2.47 bits per heavy atom. The Labute approximate surface area is 200 Å². The third-order valence-electron chi connectivity index (χ3n) is 5.19. The molecule has 0 saturated carbocycles. The topological polar surface area (TPSA) is 136 Å². The lowest BCUT2D eigenvalue weighted by Gasteiger charge is -2.17. The van der Waals surface area contributed by atoms with Gasteiger partial charge in [-0.25, -0.2) is 4.79 Å². The van der Waals surface area contributed by atoms with Gasteiger partial charge in [-0.15, -0.1) is 0 Å². The van der Waals surface area contributed by atoms with Gasteiger partial charge in [-0.05, 0) is 37.8 Å². The normalized spacial score (nSPS) is 11.8. The van der Waals surface area contributed by atoms with Gasteiger partial charge in [0.2, 0.25) is 17.7 Å². The molecule has 0 radical (unpaired) electrons. The third kappa shape index (κ3) is 10.5. The van der Waals surface area contributed by atoms with Crippen LogP contribution < -0.4 is 21.5 Å². The zero-order valence-corrected chi connectivity index (χ0v) is 20.4. The van der Waals surface area contributed by atoms with Crippen molar-refractivity contribution in [2.75, 3.05) is 18.5 Å². The molecule has 1 aromatic heterocycles. The molecule has 3 N–H and O–H groups in total. The minimum Gasteiger partial charge on any atom is -0.463 e. The highest BCUT2D eigenvalue weighted by atomic mass is 16.5. The molecule has 3 amide bonds. The van der Waals surface area contributed by atoms with Crippen LogP contribution in [0, 0.1) is 5.92 Å². The standard InChI is InChI=1S/C24H36N4O6/c1-5-18(6-2)15-25-21(30)16-28-14-10-12-20(24(28)33)27-23(32)19(26-17(4)29)11-8-9-13-22(31)34-7-3/h9-10,12-14,18-19H,5-8,11,15-16H2,1-4H3,(H,25,30)(H,26,29)(H,27,32)/b13-9+/t19-/m0/s1. The van der Waals surface area contributed by atoms with Crippen LogP contribution in [-0.4, -0.2) is 47.5 Å². The molecule has 0 bridgehead atoms. The number of amides is 3. The molecule has 1 rings (SSSR count). The first-order valence-electron chi connectivity index (χ1n) is 11.6. The number of hydrogen-bond donors (Lipinski definition) is 3. The monoisotopic (exact) mass is 476 g/mol. The van der Waals surface area contributed by atoms with Crippen molar-refractivity contribution >= 4 is 29.4 Å². The van der Waals surface area contributed by atoms with Crippen molar-refractivity contribution in [2.45, 2.75) is 66.0 Å². The number of carbonyl (C=O) groups is 4. The Hall–Kier alpha value is -3.43. The number of rotatable bonds is 14. The van der Waals surface area contributed by atoms with Crippen LogP contribution >= 0.6 is 0 Å². The molecule has 0 spiro atoms. The van der Waals surface area contributed by atoms with Crippen LogP contribution in [0.5, 0.6) is 0 Å². The van der Waals surface area contributed by atoms with Crippen LogP contribution in [0.1, 0.15) is 53.4 Å². The van der Waals surface area contributed by atoms with Gasteiger partial charge in [0.25, 0.3) is 5.56 Å². The Balaban J connectivity index is 2.81. The van der Waals surface area contributed by atoms with Crippen LogP contribution in [-0.2, 0) is 30.5 Å². The van der Waals surface area contributed by atoms with Gasteiger partial charge in [0.1, 0.15) is 18.3 Å². The summed E-state index contributed by atoms with van der Waals surface area (Å²) in [6.45, 7) is 7.72. The molecule has 10 nitrogen and oxygen atoms in total. The van der Waals surface area contributed by atoms with Crippen molar-refractivity contribution in [3.63, 3.8) is 0 Å². The Bertz CT molecular complexity index is 920. The van der Waals surface area contributed by atoms with E-state index >= 15 is 0 Å². The molecule has 0 aliphatic heterocycles. The number of carbonyl (C=O) groups excluding carboxylic acids is 4. The lowest BCUT2D eigenvalue weighted by Crippen LogP contribution is -2.44. The lowest BCUT2D eigenvalue weighted by molar-refractivity contribution is -0.137. The fourth-order valence-corrected chi connectivity index (χ4v) is 3.17. The summed E-state index contributed by atoms with van der Waals surface area (Å²) in [5.74, 6) is -1.38. The number of esters is 1. The summed E-state index contributed by atoms with van der Waals surface area (Å²) in [5.41, 5.74) is -0.532. The molecule has 1 heterocycles. The first kappa shape index (κ1) is 28.6. The number of aromatic nitrogens is 1. The average Bonchev–Trinajstić information content (AvgIpc) is 2.79. The maximum absolute atomic E-state index is 12.8. The molecule has 1 aromatic rings. The maximum Gasteiger partial charge on any atom is 0.330 e. The van der Waals surface area contributed by atoms with Crippen LogP contribution in [0.3, 0.4) is 0 Å². The van der Waals surface area contributed by atoms with Crippen LogP contribution in [0.15, 0.2) is 35.3 Å². The summed E-state index contributed by atoms with van der Waals surface area (Å²) >= 11 is 0. The van der Waals surface area contributed by atoms with E-state index < -0.39 is 29.4 Å². The molecule has 10 heteroatoms. The highest BCUT2D eigenvalue weighted by Crippen LogP contribution is 2.06. The number of nitrogens with zero attached hydrogens (tertiary/aromatic N) is 1. The van der Waals surface area contributed by atoms with Gasteiger partial charge in [0.15, 0.2) is 0 Å². The van der Waals surface area contributed by atoms with Gasteiger partial charge < -0.3 is 25.3 Å². The summed E-state index contributed by atoms with van der Waals surface area (Å²) in [5, 5.41) is 7.91. The second-order valence-electron chi connectivity index (χ2n) is 7.82. The SMILES string of the molecule is CCOC(=O)/C=C/CC[C@H](NC(C)=O)C(=O)Nc1cccn(CC(=O)NCC(CC)CC)c1=O. The summed E-state index contributed by atoms with van der Waals surface area (Å²) < 4.78 is 6.01. The molecular formula is C24H36N4O6. The van der Waals surface area contributed by atoms with E-state index in [-0.39, 0.29) is 31.2 Å². The van der Waals surface area contributed by atoms with Crippen LogP contribution in [0.2, 0.25) is 0 Å². The van der Waals surface area contributed by atoms with Crippen LogP contribution in [0.4, 0.5) is 5.69 Å². The fourth-order valence-electron chi connectivity index (χ4n) is 3.17. The smallest absolute Gasteiger partial charge is 0.330 e. The van der Waals surface area contributed by atoms with Crippen molar-refractivity contribution < 1.29 is 23.9 Å². The van der Waals surface area contributed by atoms with Gasteiger partial charge in [-0.2, -0.15) is 0 Å². The Kier molecular flexibility index (Phi) is 13.0. The van der Waals surface area contributed by atoms with E-state index in [9.17, 15) is 24.0 Å². The number of nitrogens with one attached hydrogen (secondary N) is 3. The van der Waals surface area contributed by atoms with Gasteiger partial charge in [-0.1, -0.05) is 32.8 Å². The number of allylic oxidation sites excluding steroid dienone is 1. The van der Waals surface area contributed by atoms with E-state index in [4.69, 9.17) is 4.74 Å². The van der Waals surface area contributed by atoms with Crippen molar-refractivity contribution in [1.29, 1.82) is 0 Å². The lowest BCUT2D eigenvalue weighted by atomic mass is 10.0. The van der Waals surface area contributed by atoms with E-state index in [1.165, 1.54) is 29.8 Å². The van der Waals surface area contributed by atoms with Gasteiger partial charge >= 0.3 is 5.97 Å². The number of pyridine rings is 1. The maximum atomic E-state index is 12.8.